The van der Waals surface area contributed by atoms with E-state index in [0.717, 1.165) is 44.9 Å². The fourth-order valence-electron chi connectivity index (χ4n) is 4.43. The van der Waals surface area contributed by atoms with Crippen LogP contribution in [0.1, 0.15) is 44.9 Å². The summed E-state index contributed by atoms with van der Waals surface area (Å²) in [4.78, 5) is 12.7. The Morgan fingerprint density at radius 3 is 2.95 bits per heavy atom. The fourth-order valence-corrected chi connectivity index (χ4v) is 4.43. The van der Waals surface area contributed by atoms with Gasteiger partial charge >= 0.3 is 0 Å². The number of carbonyl (C=O) groups is 1. The number of nitrogens with one attached hydrogen (secondary N) is 3. The molecule has 0 radical (unpaired) electrons. The molecule has 4 nitrogen and oxygen atoms in total. The molecule has 3 rings (SSSR count). The van der Waals surface area contributed by atoms with Gasteiger partial charge in [0.15, 0.2) is 0 Å². The summed E-state index contributed by atoms with van der Waals surface area (Å²) in [6.45, 7) is 5.10. The van der Waals surface area contributed by atoms with Crippen LogP contribution in [0.5, 0.6) is 0 Å². The molecule has 0 aromatic rings. The second kappa shape index (κ2) is 6.44. The van der Waals surface area contributed by atoms with E-state index in [1.807, 2.05) is 0 Å². The molecule has 0 aromatic carbocycles. The average Bonchev–Trinajstić information content (AvgIpc) is 2.93. The van der Waals surface area contributed by atoms with Crippen LogP contribution in [-0.4, -0.2) is 38.6 Å². The summed E-state index contributed by atoms with van der Waals surface area (Å²) < 4.78 is 0. The van der Waals surface area contributed by atoms with Crippen molar-refractivity contribution in [3.63, 3.8) is 0 Å². The Kier molecular flexibility index (Phi) is 4.61. The molecule has 20 heavy (non-hydrogen) atoms. The van der Waals surface area contributed by atoms with Crippen molar-refractivity contribution in [1.29, 1.82) is 0 Å². The smallest absolute Gasteiger partial charge is 0.227 e. The summed E-state index contributed by atoms with van der Waals surface area (Å²) in [6, 6.07) is 0. The van der Waals surface area contributed by atoms with E-state index in [9.17, 15) is 4.79 Å². The quantitative estimate of drug-likeness (QED) is 0.726. The Morgan fingerprint density at radius 1 is 1.15 bits per heavy atom. The first kappa shape index (κ1) is 14.3. The van der Waals surface area contributed by atoms with Crippen molar-refractivity contribution in [2.24, 2.45) is 17.3 Å². The average molecular weight is 279 g/mol. The second-order valence-electron chi connectivity index (χ2n) is 6.99. The molecule has 3 aliphatic rings. The van der Waals surface area contributed by atoms with Crippen molar-refractivity contribution in [2.75, 3.05) is 32.7 Å². The number of hydrogen-bond acceptors (Lipinski definition) is 3. The molecule has 0 bridgehead atoms. The van der Waals surface area contributed by atoms with Crippen molar-refractivity contribution < 1.29 is 4.79 Å². The Hall–Kier alpha value is -0.610. The molecular formula is C16H29N3O. The molecule has 4 heteroatoms. The molecule has 3 N–H and O–H groups in total. The number of fused-ring (bicyclic) bond motifs is 1. The van der Waals surface area contributed by atoms with Crippen LogP contribution in [0.15, 0.2) is 0 Å². The van der Waals surface area contributed by atoms with Crippen LogP contribution in [0, 0.1) is 17.3 Å². The Bertz CT molecular complexity index is 341. The molecular weight excluding hydrogens is 250 g/mol. The van der Waals surface area contributed by atoms with Gasteiger partial charge in [-0.05, 0) is 63.6 Å². The first-order valence-electron chi connectivity index (χ1n) is 8.51. The van der Waals surface area contributed by atoms with Gasteiger partial charge in [0.25, 0.3) is 0 Å². The van der Waals surface area contributed by atoms with E-state index in [1.165, 1.54) is 38.6 Å². The van der Waals surface area contributed by atoms with Crippen molar-refractivity contribution >= 4 is 5.91 Å². The maximum absolute atomic E-state index is 12.7. The van der Waals surface area contributed by atoms with Gasteiger partial charge in [0, 0.05) is 13.1 Å². The van der Waals surface area contributed by atoms with Crippen LogP contribution in [0.4, 0.5) is 0 Å². The third kappa shape index (κ3) is 2.86. The van der Waals surface area contributed by atoms with Crippen LogP contribution in [0.3, 0.4) is 0 Å². The second-order valence-corrected chi connectivity index (χ2v) is 6.99. The van der Waals surface area contributed by atoms with E-state index < -0.39 is 0 Å². The molecule has 0 spiro atoms. The molecule has 2 aliphatic heterocycles. The molecule has 3 fully saturated rings. The Morgan fingerprint density at radius 2 is 2.10 bits per heavy atom. The molecule has 1 aliphatic carbocycles. The van der Waals surface area contributed by atoms with Crippen molar-refractivity contribution in [2.45, 2.75) is 44.9 Å². The van der Waals surface area contributed by atoms with Gasteiger partial charge in [-0.3, -0.25) is 4.79 Å². The Labute approximate surface area is 122 Å². The third-order valence-corrected chi connectivity index (χ3v) is 5.73. The minimum absolute atomic E-state index is 0.0803. The van der Waals surface area contributed by atoms with Gasteiger partial charge in [0.05, 0.1) is 5.41 Å². The van der Waals surface area contributed by atoms with Crippen LogP contribution in [0.25, 0.3) is 0 Å². The summed E-state index contributed by atoms with van der Waals surface area (Å²) in [5, 5.41) is 10.2. The summed E-state index contributed by atoms with van der Waals surface area (Å²) in [6.07, 6.45) is 8.57. The van der Waals surface area contributed by atoms with Crippen LogP contribution in [-0.2, 0) is 4.79 Å². The highest BCUT2D eigenvalue weighted by atomic mass is 16.2. The van der Waals surface area contributed by atoms with Gasteiger partial charge in [-0.15, -0.1) is 0 Å². The zero-order valence-corrected chi connectivity index (χ0v) is 12.5. The topological polar surface area (TPSA) is 53.2 Å². The van der Waals surface area contributed by atoms with Gasteiger partial charge < -0.3 is 16.0 Å². The van der Waals surface area contributed by atoms with Crippen molar-refractivity contribution in [3.05, 3.63) is 0 Å². The standard InChI is InChI=1S/C16H29N3O/c20-15(19-9-6-13-4-3-8-17-10-13)16-7-2-1-5-14(16)11-18-12-16/h13-14,17-18H,1-12H2,(H,19,20)/t13?,14-,16+/m0/s1. The minimum atomic E-state index is -0.0803. The molecule has 114 valence electrons. The van der Waals surface area contributed by atoms with Gasteiger partial charge in [-0.1, -0.05) is 12.8 Å². The fraction of sp³-hybridized carbons (Fsp3) is 0.938. The number of rotatable bonds is 4. The lowest BCUT2D eigenvalue weighted by atomic mass is 9.67. The summed E-state index contributed by atoms with van der Waals surface area (Å²) >= 11 is 0. The van der Waals surface area contributed by atoms with Crippen LogP contribution < -0.4 is 16.0 Å². The van der Waals surface area contributed by atoms with E-state index in [-0.39, 0.29) is 5.41 Å². The molecule has 2 saturated heterocycles. The first-order valence-corrected chi connectivity index (χ1v) is 8.51. The SMILES string of the molecule is O=C(NCCC1CCCNC1)[C@@]12CCCC[C@H]1CNC2. The molecule has 1 saturated carbocycles. The normalized spacial score (nSPS) is 37.4. The van der Waals surface area contributed by atoms with E-state index >= 15 is 0 Å². The molecule has 0 aromatic heterocycles. The Balaban J connectivity index is 1.48. The van der Waals surface area contributed by atoms with Crippen molar-refractivity contribution in [3.8, 4) is 0 Å². The zero-order chi connectivity index (χ0) is 13.8. The zero-order valence-electron chi connectivity index (χ0n) is 12.5. The third-order valence-electron chi connectivity index (χ3n) is 5.73. The maximum Gasteiger partial charge on any atom is 0.227 e. The summed E-state index contributed by atoms with van der Waals surface area (Å²) in [7, 11) is 0. The number of piperidine rings is 1. The van der Waals surface area contributed by atoms with E-state index in [0.29, 0.717) is 11.8 Å². The lowest BCUT2D eigenvalue weighted by Crippen LogP contribution is -2.48. The minimum Gasteiger partial charge on any atom is -0.356 e. The van der Waals surface area contributed by atoms with E-state index in [2.05, 4.69) is 16.0 Å². The molecule has 2 heterocycles. The van der Waals surface area contributed by atoms with Gasteiger partial charge in [-0.25, -0.2) is 0 Å². The van der Waals surface area contributed by atoms with Gasteiger partial charge in [-0.2, -0.15) is 0 Å². The number of carbonyl (C=O) groups excluding carboxylic acids is 1. The van der Waals surface area contributed by atoms with Crippen LogP contribution in [0.2, 0.25) is 0 Å². The number of amides is 1. The highest BCUT2D eigenvalue weighted by molar-refractivity contribution is 5.83. The maximum atomic E-state index is 12.7. The van der Waals surface area contributed by atoms with E-state index in [4.69, 9.17) is 0 Å². The lowest BCUT2D eigenvalue weighted by Gasteiger charge is -2.37. The van der Waals surface area contributed by atoms with Gasteiger partial charge in [0.2, 0.25) is 5.91 Å². The largest absolute Gasteiger partial charge is 0.356 e. The van der Waals surface area contributed by atoms with Crippen molar-refractivity contribution in [1.82, 2.24) is 16.0 Å². The summed E-state index contributed by atoms with van der Waals surface area (Å²) in [5.74, 6) is 1.66. The van der Waals surface area contributed by atoms with Gasteiger partial charge in [0.1, 0.15) is 0 Å². The predicted molar refractivity (Wildman–Crippen MR) is 80.5 cm³/mol. The molecule has 1 unspecified atom stereocenters. The highest BCUT2D eigenvalue weighted by Crippen LogP contribution is 2.43. The lowest BCUT2D eigenvalue weighted by molar-refractivity contribution is -0.134. The number of hydrogen-bond donors (Lipinski definition) is 3. The van der Waals surface area contributed by atoms with Crippen LogP contribution >= 0.6 is 0 Å². The molecule has 3 atom stereocenters. The summed E-state index contributed by atoms with van der Waals surface area (Å²) in [5.41, 5.74) is -0.0803. The first-order chi connectivity index (χ1) is 9.81. The van der Waals surface area contributed by atoms with E-state index in [1.54, 1.807) is 0 Å². The molecule has 1 amide bonds. The predicted octanol–water partition coefficient (Wildman–Crippen LogP) is 1.27. The highest BCUT2D eigenvalue weighted by Gasteiger charge is 2.49. The monoisotopic (exact) mass is 279 g/mol.